The molecule has 0 amide bonds. The zero-order valence-electron chi connectivity index (χ0n) is 16.3. The third-order valence-corrected chi connectivity index (χ3v) is 4.00. The molecule has 2 aromatic rings. The lowest BCUT2D eigenvalue weighted by molar-refractivity contribution is -0.145. The predicted molar refractivity (Wildman–Crippen MR) is 106 cm³/mol. The van der Waals surface area contributed by atoms with E-state index < -0.39 is 18.1 Å². The molecule has 6 heteroatoms. The van der Waals surface area contributed by atoms with Gasteiger partial charge in [-0.2, -0.15) is 0 Å². The first kappa shape index (κ1) is 21.6. The van der Waals surface area contributed by atoms with Gasteiger partial charge in [0.05, 0.1) is 13.2 Å². The summed E-state index contributed by atoms with van der Waals surface area (Å²) in [5.74, 6) is 0.0457. The lowest BCUT2D eigenvalue weighted by atomic mass is 10.1. The Bertz CT molecular complexity index is 720. The summed E-state index contributed by atoms with van der Waals surface area (Å²) in [6.07, 6.45) is 0. The Balaban J connectivity index is 1.92. The summed E-state index contributed by atoms with van der Waals surface area (Å²) in [5.41, 5.74) is 0.986. The molecule has 0 saturated carbocycles. The number of nitrogens with one attached hydrogen (secondary N) is 1. The van der Waals surface area contributed by atoms with Crippen molar-refractivity contribution in [2.24, 2.45) is 0 Å². The van der Waals surface area contributed by atoms with Crippen molar-refractivity contribution in [2.45, 2.75) is 32.5 Å². The highest BCUT2D eigenvalue weighted by Gasteiger charge is 2.25. The van der Waals surface area contributed by atoms with Crippen LogP contribution in [0.1, 0.15) is 19.4 Å². The van der Waals surface area contributed by atoms with Gasteiger partial charge in [-0.25, -0.2) is 0 Å². The van der Waals surface area contributed by atoms with Crippen LogP contribution in [0.15, 0.2) is 60.7 Å². The van der Waals surface area contributed by atoms with Crippen LogP contribution in [-0.2, 0) is 25.7 Å². The topological polar surface area (TPSA) is 73.9 Å². The molecule has 1 N–H and O–H groups in total. The largest absolute Gasteiger partial charge is 0.491 e. The summed E-state index contributed by atoms with van der Waals surface area (Å²) in [6, 6.07) is 17.5. The second-order valence-electron chi connectivity index (χ2n) is 6.26. The molecule has 0 aromatic heterocycles. The Kier molecular flexibility index (Phi) is 9.18. The van der Waals surface area contributed by atoms with Gasteiger partial charge in [-0.15, -0.1) is 0 Å². The quantitative estimate of drug-likeness (QED) is 0.567. The highest BCUT2D eigenvalue weighted by Crippen LogP contribution is 2.09. The summed E-state index contributed by atoms with van der Waals surface area (Å²) < 4.78 is 16.2. The smallest absolute Gasteiger partial charge is 0.322 e. The molecule has 1 unspecified atom stereocenters. The Morgan fingerprint density at radius 2 is 1.64 bits per heavy atom. The molecule has 0 spiro atoms. The van der Waals surface area contributed by atoms with Crippen molar-refractivity contribution in [2.75, 3.05) is 19.8 Å². The highest BCUT2D eigenvalue weighted by atomic mass is 16.5. The number of rotatable bonds is 12. The molecule has 2 atom stereocenters. The molecular weight excluding hydrogens is 358 g/mol. The van der Waals surface area contributed by atoms with Crippen molar-refractivity contribution in [1.82, 2.24) is 5.32 Å². The Labute approximate surface area is 165 Å². The highest BCUT2D eigenvalue weighted by molar-refractivity contribution is 5.86. The van der Waals surface area contributed by atoms with Crippen LogP contribution in [0, 0.1) is 0 Å². The van der Waals surface area contributed by atoms with Gasteiger partial charge >= 0.3 is 5.97 Å². The first-order valence-corrected chi connectivity index (χ1v) is 9.35. The standard InChI is InChI=1S/C22H27NO5/c1-3-27-22(25)17(2)23-20(15-28-19-12-8-5-9-13-19)21(24)16-26-14-18-10-6-4-7-11-18/h4-13,17,20,23H,3,14-16H2,1-2H3/t17?,20-/m0/s1. The molecule has 0 saturated heterocycles. The van der Waals surface area contributed by atoms with Crippen LogP contribution in [0.4, 0.5) is 0 Å². The number of para-hydroxylation sites is 1. The lowest BCUT2D eigenvalue weighted by Crippen LogP contribution is -2.50. The van der Waals surface area contributed by atoms with Gasteiger partial charge in [0.25, 0.3) is 0 Å². The van der Waals surface area contributed by atoms with Crippen LogP contribution in [-0.4, -0.2) is 43.7 Å². The maximum Gasteiger partial charge on any atom is 0.322 e. The van der Waals surface area contributed by atoms with Gasteiger partial charge in [0.2, 0.25) is 0 Å². The van der Waals surface area contributed by atoms with E-state index in [2.05, 4.69) is 5.32 Å². The van der Waals surface area contributed by atoms with Crippen LogP contribution >= 0.6 is 0 Å². The Morgan fingerprint density at radius 3 is 2.29 bits per heavy atom. The van der Waals surface area contributed by atoms with Gasteiger partial charge < -0.3 is 14.2 Å². The van der Waals surface area contributed by atoms with Crippen LogP contribution in [0.25, 0.3) is 0 Å². The third-order valence-electron chi connectivity index (χ3n) is 4.00. The van der Waals surface area contributed by atoms with Crippen molar-refractivity contribution < 1.29 is 23.8 Å². The molecule has 150 valence electrons. The second kappa shape index (κ2) is 11.9. The zero-order chi connectivity index (χ0) is 20.2. The molecule has 0 aliphatic heterocycles. The summed E-state index contributed by atoms with van der Waals surface area (Å²) in [7, 11) is 0. The van der Waals surface area contributed by atoms with Crippen LogP contribution in [0.3, 0.4) is 0 Å². The van der Waals surface area contributed by atoms with Gasteiger partial charge in [-0.3, -0.25) is 14.9 Å². The zero-order valence-corrected chi connectivity index (χ0v) is 16.3. The molecule has 0 fully saturated rings. The number of hydrogen-bond donors (Lipinski definition) is 1. The normalized spacial score (nSPS) is 12.8. The van der Waals surface area contributed by atoms with Gasteiger partial charge in [-0.1, -0.05) is 48.5 Å². The summed E-state index contributed by atoms with van der Waals surface area (Å²) in [6.45, 7) is 4.02. The van der Waals surface area contributed by atoms with E-state index in [0.717, 1.165) is 5.56 Å². The van der Waals surface area contributed by atoms with Crippen molar-refractivity contribution in [3.63, 3.8) is 0 Å². The lowest BCUT2D eigenvalue weighted by Gasteiger charge is -2.22. The number of ether oxygens (including phenoxy) is 3. The Morgan fingerprint density at radius 1 is 1.00 bits per heavy atom. The van der Waals surface area contributed by atoms with Gasteiger partial charge in [-0.05, 0) is 31.5 Å². The monoisotopic (exact) mass is 385 g/mol. The first-order chi connectivity index (χ1) is 13.6. The fourth-order valence-corrected chi connectivity index (χ4v) is 2.51. The maximum atomic E-state index is 12.7. The van der Waals surface area contributed by atoms with Crippen LogP contribution < -0.4 is 10.1 Å². The minimum absolute atomic E-state index is 0.0831. The molecule has 28 heavy (non-hydrogen) atoms. The van der Waals surface area contributed by atoms with E-state index in [9.17, 15) is 9.59 Å². The molecule has 0 aliphatic rings. The van der Waals surface area contributed by atoms with Gasteiger partial charge in [0.1, 0.15) is 31.0 Å². The van der Waals surface area contributed by atoms with E-state index >= 15 is 0 Å². The fraction of sp³-hybridized carbons (Fsp3) is 0.364. The first-order valence-electron chi connectivity index (χ1n) is 9.35. The van der Waals surface area contributed by atoms with E-state index in [4.69, 9.17) is 14.2 Å². The van der Waals surface area contributed by atoms with Gasteiger partial charge in [0.15, 0.2) is 5.78 Å². The Hall–Kier alpha value is -2.70. The molecule has 0 heterocycles. The number of esters is 1. The van der Waals surface area contributed by atoms with Crippen LogP contribution in [0.5, 0.6) is 5.75 Å². The fourth-order valence-electron chi connectivity index (χ4n) is 2.51. The minimum Gasteiger partial charge on any atom is -0.491 e. The number of carbonyl (C=O) groups is 2. The molecule has 6 nitrogen and oxygen atoms in total. The summed E-state index contributed by atoms with van der Waals surface area (Å²) in [5, 5.41) is 2.99. The SMILES string of the molecule is CCOC(=O)C(C)N[C@@H](COc1ccccc1)C(=O)COCc1ccccc1. The van der Waals surface area contributed by atoms with E-state index in [1.165, 1.54) is 0 Å². The summed E-state index contributed by atoms with van der Waals surface area (Å²) in [4.78, 5) is 24.6. The maximum absolute atomic E-state index is 12.7. The number of Topliss-reactive ketones (excluding diaryl/α,β-unsaturated/α-hetero) is 1. The molecule has 0 radical (unpaired) electrons. The van der Waals surface area contributed by atoms with Crippen molar-refractivity contribution in [3.8, 4) is 5.75 Å². The number of ketones is 1. The molecule has 0 bridgehead atoms. The second-order valence-corrected chi connectivity index (χ2v) is 6.26. The average molecular weight is 385 g/mol. The van der Waals surface area contributed by atoms with Crippen molar-refractivity contribution in [1.29, 1.82) is 0 Å². The van der Waals surface area contributed by atoms with Crippen molar-refractivity contribution in [3.05, 3.63) is 66.2 Å². The molecular formula is C22H27NO5. The summed E-state index contributed by atoms with van der Waals surface area (Å²) >= 11 is 0. The number of carbonyl (C=O) groups excluding carboxylic acids is 2. The van der Waals surface area contributed by atoms with Crippen molar-refractivity contribution >= 4 is 11.8 Å². The van der Waals surface area contributed by atoms with E-state index in [1.54, 1.807) is 13.8 Å². The molecule has 2 rings (SSSR count). The predicted octanol–water partition coefficient (Wildman–Crippen LogP) is 2.76. The minimum atomic E-state index is -0.699. The van der Waals surface area contributed by atoms with Gasteiger partial charge in [0, 0.05) is 0 Å². The molecule has 2 aromatic carbocycles. The average Bonchev–Trinajstić information content (AvgIpc) is 2.72. The molecule has 0 aliphatic carbocycles. The van der Waals surface area contributed by atoms with E-state index in [1.807, 2.05) is 60.7 Å². The van der Waals surface area contributed by atoms with E-state index in [0.29, 0.717) is 12.4 Å². The number of benzene rings is 2. The van der Waals surface area contributed by atoms with E-state index in [-0.39, 0.29) is 25.6 Å². The number of hydrogen-bond acceptors (Lipinski definition) is 6. The van der Waals surface area contributed by atoms with Crippen LogP contribution in [0.2, 0.25) is 0 Å². The third kappa shape index (κ3) is 7.50.